The maximum Gasteiger partial charge on any atom is 0.182 e. The molecule has 0 N–H and O–H groups in total. The Kier molecular flexibility index (Phi) is 3.30. The van der Waals surface area contributed by atoms with Crippen LogP contribution in [-0.4, -0.2) is 24.4 Å². The van der Waals surface area contributed by atoms with E-state index in [1.807, 2.05) is 10.6 Å². The van der Waals surface area contributed by atoms with Crippen molar-refractivity contribution in [2.24, 2.45) is 0 Å². The van der Waals surface area contributed by atoms with Gasteiger partial charge in [-0.05, 0) is 6.42 Å². The van der Waals surface area contributed by atoms with Crippen molar-refractivity contribution in [1.82, 2.24) is 19.6 Å². The van der Waals surface area contributed by atoms with Gasteiger partial charge in [-0.3, -0.25) is 9.38 Å². The monoisotopic (exact) mass is 268 g/mol. The molecule has 0 aromatic carbocycles. The highest BCUT2D eigenvalue weighted by Gasteiger charge is 2.10. The number of halogens is 1. The van der Waals surface area contributed by atoms with Gasteiger partial charge < -0.3 is 0 Å². The molecule has 0 amide bonds. The Balaban J connectivity index is 2.23. The lowest BCUT2D eigenvalue weighted by Crippen LogP contribution is -2.06. The van der Waals surface area contributed by atoms with Crippen LogP contribution >= 0.6 is 15.9 Å². The standard InChI is InChI=1S/C10H13BrN4/c1-2-3-8(11)6-9-10-14-13-7-15(10)5-4-12-9/h4-5,7-8H,2-3,6H2,1H3. The average Bonchev–Trinajstić information content (AvgIpc) is 2.67. The molecule has 5 heteroatoms. The van der Waals surface area contributed by atoms with E-state index in [0.29, 0.717) is 4.83 Å². The van der Waals surface area contributed by atoms with Crippen LogP contribution in [0.25, 0.3) is 5.65 Å². The lowest BCUT2D eigenvalue weighted by atomic mass is 10.1. The molecule has 0 aliphatic heterocycles. The Morgan fingerprint density at radius 3 is 3.20 bits per heavy atom. The van der Waals surface area contributed by atoms with E-state index in [1.54, 1.807) is 12.5 Å². The van der Waals surface area contributed by atoms with Gasteiger partial charge in [0.05, 0.1) is 5.69 Å². The Labute approximate surface area is 96.9 Å². The predicted octanol–water partition coefficient (Wildman–Crippen LogP) is 2.23. The highest BCUT2D eigenvalue weighted by molar-refractivity contribution is 9.09. The molecule has 0 fully saturated rings. The molecule has 0 saturated heterocycles. The van der Waals surface area contributed by atoms with Crippen molar-refractivity contribution in [2.75, 3.05) is 0 Å². The van der Waals surface area contributed by atoms with Crippen LogP contribution in [0.15, 0.2) is 18.7 Å². The Hall–Kier alpha value is -0.970. The van der Waals surface area contributed by atoms with Crippen LogP contribution in [0, 0.1) is 0 Å². The summed E-state index contributed by atoms with van der Waals surface area (Å²) >= 11 is 3.65. The first-order valence-electron chi connectivity index (χ1n) is 5.08. The van der Waals surface area contributed by atoms with E-state index < -0.39 is 0 Å². The lowest BCUT2D eigenvalue weighted by Gasteiger charge is -2.07. The Bertz CT molecular complexity index is 440. The summed E-state index contributed by atoms with van der Waals surface area (Å²) in [6, 6.07) is 0. The summed E-state index contributed by atoms with van der Waals surface area (Å²) in [6.07, 6.45) is 8.57. The van der Waals surface area contributed by atoms with Crippen molar-refractivity contribution in [2.45, 2.75) is 31.0 Å². The Morgan fingerprint density at radius 2 is 2.40 bits per heavy atom. The van der Waals surface area contributed by atoms with Crippen LogP contribution < -0.4 is 0 Å². The minimum atomic E-state index is 0.470. The minimum absolute atomic E-state index is 0.470. The molecule has 15 heavy (non-hydrogen) atoms. The van der Waals surface area contributed by atoms with E-state index in [-0.39, 0.29) is 0 Å². The molecule has 80 valence electrons. The number of hydrogen-bond acceptors (Lipinski definition) is 3. The SMILES string of the molecule is CCCC(Br)Cc1nccn2cnnc12. The summed E-state index contributed by atoms with van der Waals surface area (Å²) in [5, 5.41) is 7.93. The molecule has 0 bridgehead atoms. The van der Waals surface area contributed by atoms with Crippen LogP contribution in [-0.2, 0) is 6.42 Å². The molecule has 0 spiro atoms. The maximum absolute atomic E-state index is 4.35. The van der Waals surface area contributed by atoms with Crippen LogP contribution in [0.4, 0.5) is 0 Å². The topological polar surface area (TPSA) is 43.1 Å². The van der Waals surface area contributed by atoms with Gasteiger partial charge in [0.1, 0.15) is 6.33 Å². The third-order valence-corrected chi connectivity index (χ3v) is 3.09. The minimum Gasteiger partial charge on any atom is -0.286 e. The van der Waals surface area contributed by atoms with Gasteiger partial charge in [-0.2, -0.15) is 0 Å². The van der Waals surface area contributed by atoms with E-state index in [4.69, 9.17) is 0 Å². The van der Waals surface area contributed by atoms with Crippen molar-refractivity contribution in [3.8, 4) is 0 Å². The van der Waals surface area contributed by atoms with E-state index in [9.17, 15) is 0 Å². The van der Waals surface area contributed by atoms with E-state index in [1.165, 1.54) is 6.42 Å². The zero-order valence-electron chi connectivity index (χ0n) is 8.60. The molecule has 0 aliphatic rings. The highest BCUT2D eigenvalue weighted by atomic mass is 79.9. The van der Waals surface area contributed by atoms with Gasteiger partial charge >= 0.3 is 0 Å². The van der Waals surface area contributed by atoms with Gasteiger partial charge in [-0.1, -0.05) is 29.3 Å². The second-order valence-corrected chi connectivity index (χ2v) is 4.82. The first kappa shape index (κ1) is 10.5. The third-order valence-electron chi connectivity index (χ3n) is 2.31. The predicted molar refractivity (Wildman–Crippen MR) is 62.1 cm³/mol. The molecule has 2 rings (SSSR count). The summed E-state index contributed by atoms with van der Waals surface area (Å²) in [5.41, 5.74) is 1.86. The molecule has 1 unspecified atom stereocenters. The first-order valence-corrected chi connectivity index (χ1v) is 6.00. The van der Waals surface area contributed by atoms with E-state index in [2.05, 4.69) is 38.0 Å². The maximum atomic E-state index is 4.35. The summed E-state index contributed by atoms with van der Waals surface area (Å²) in [6.45, 7) is 2.18. The molecular weight excluding hydrogens is 256 g/mol. The summed E-state index contributed by atoms with van der Waals surface area (Å²) in [5.74, 6) is 0. The second-order valence-electron chi connectivity index (χ2n) is 3.53. The quantitative estimate of drug-likeness (QED) is 0.799. The zero-order chi connectivity index (χ0) is 10.7. The fourth-order valence-corrected chi connectivity index (χ4v) is 2.34. The number of fused-ring (bicyclic) bond motifs is 1. The molecule has 2 aromatic rings. The zero-order valence-corrected chi connectivity index (χ0v) is 10.2. The van der Waals surface area contributed by atoms with Crippen molar-refractivity contribution < 1.29 is 0 Å². The van der Waals surface area contributed by atoms with Gasteiger partial charge in [0.2, 0.25) is 0 Å². The van der Waals surface area contributed by atoms with Gasteiger partial charge in [0, 0.05) is 23.6 Å². The van der Waals surface area contributed by atoms with Gasteiger partial charge in [-0.15, -0.1) is 10.2 Å². The number of nitrogens with zero attached hydrogens (tertiary/aromatic N) is 4. The molecule has 0 saturated carbocycles. The van der Waals surface area contributed by atoms with Crippen LogP contribution in [0.3, 0.4) is 0 Å². The van der Waals surface area contributed by atoms with E-state index in [0.717, 1.165) is 24.2 Å². The van der Waals surface area contributed by atoms with Crippen LogP contribution in [0.5, 0.6) is 0 Å². The molecule has 2 heterocycles. The van der Waals surface area contributed by atoms with E-state index >= 15 is 0 Å². The molecule has 0 aliphatic carbocycles. The highest BCUT2D eigenvalue weighted by Crippen LogP contribution is 2.15. The average molecular weight is 269 g/mol. The Morgan fingerprint density at radius 1 is 1.53 bits per heavy atom. The normalized spacial score (nSPS) is 13.2. The first-order chi connectivity index (χ1) is 7.31. The molecule has 1 atom stereocenters. The number of aromatic nitrogens is 4. The second kappa shape index (κ2) is 4.70. The van der Waals surface area contributed by atoms with Crippen LogP contribution in [0.2, 0.25) is 0 Å². The summed E-state index contributed by atoms with van der Waals surface area (Å²) in [7, 11) is 0. The fraction of sp³-hybridized carbons (Fsp3) is 0.500. The molecular formula is C10H13BrN4. The smallest absolute Gasteiger partial charge is 0.182 e. The third kappa shape index (κ3) is 2.34. The molecule has 2 aromatic heterocycles. The molecule has 0 radical (unpaired) electrons. The molecule has 4 nitrogen and oxygen atoms in total. The largest absolute Gasteiger partial charge is 0.286 e. The summed E-state index contributed by atoms with van der Waals surface area (Å²) in [4.78, 5) is 4.82. The number of hydrogen-bond donors (Lipinski definition) is 0. The van der Waals surface area contributed by atoms with Crippen molar-refractivity contribution in [3.05, 3.63) is 24.4 Å². The summed E-state index contributed by atoms with van der Waals surface area (Å²) < 4.78 is 1.90. The van der Waals surface area contributed by atoms with Crippen molar-refractivity contribution in [1.29, 1.82) is 0 Å². The van der Waals surface area contributed by atoms with Gasteiger partial charge in [0.25, 0.3) is 0 Å². The fourth-order valence-electron chi connectivity index (χ4n) is 1.58. The van der Waals surface area contributed by atoms with Gasteiger partial charge in [-0.25, -0.2) is 0 Å². The van der Waals surface area contributed by atoms with Crippen LogP contribution in [0.1, 0.15) is 25.5 Å². The van der Waals surface area contributed by atoms with Crippen molar-refractivity contribution >= 4 is 21.6 Å². The number of rotatable bonds is 4. The van der Waals surface area contributed by atoms with Gasteiger partial charge in [0.15, 0.2) is 5.65 Å². The van der Waals surface area contributed by atoms with Crippen molar-refractivity contribution in [3.63, 3.8) is 0 Å². The lowest BCUT2D eigenvalue weighted by molar-refractivity contribution is 0.733. The number of alkyl halides is 1.